The summed E-state index contributed by atoms with van der Waals surface area (Å²) in [7, 11) is 0. The minimum absolute atomic E-state index is 0. The number of hydrogen-bond donors (Lipinski definition) is 2. The SMILES string of the molecule is Cl.NC12C[C@H]3C[C@@H](C1)CC(NC(=O)c1ccc(-c4ccccc4F)cc1)(C3)C2. The number of nitrogens with one attached hydrogen (secondary N) is 1. The van der Waals surface area contributed by atoms with E-state index in [0.29, 0.717) is 23.0 Å². The van der Waals surface area contributed by atoms with Crippen molar-refractivity contribution in [2.45, 2.75) is 49.6 Å². The Hall–Kier alpha value is -1.91. The molecule has 6 rings (SSSR count). The van der Waals surface area contributed by atoms with Crippen molar-refractivity contribution in [2.24, 2.45) is 17.6 Å². The average Bonchev–Trinajstić information content (AvgIpc) is 2.60. The van der Waals surface area contributed by atoms with Gasteiger partial charge in [0.1, 0.15) is 5.82 Å². The van der Waals surface area contributed by atoms with Crippen LogP contribution in [0.15, 0.2) is 48.5 Å². The summed E-state index contributed by atoms with van der Waals surface area (Å²) in [5.74, 6) is 1.01. The molecule has 2 unspecified atom stereocenters. The van der Waals surface area contributed by atoms with Crippen molar-refractivity contribution >= 4 is 18.3 Å². The lowest BCUT2D eigenvalue weighted by molar-refractivity contribution is -0.0320. The first-order chi connectivity index (χ1) is 12.9. The lowest BCUT2D eigenvalue weighted by Crippen LogP contribution is -2.68. The number of carbonyl (C=O) groups is 1. The van der Waals surface area contributed by atoms with E-state index in [-0.39, 0.29) is 35.2 Å². The second-order valence-electron chi connectivity index (χ2n) is 9.12. The Morgan fingerprint density at radius 3 is 2.25 bits per heavy atom. The van der Waals surface area contributed by atoms with Crippen LogP contribution in [0.3, 0.4) is 0 Å². The van der Waals surface area contributed by atoms with Crippen molar-refractivity contribution in [2.75, 3.05) is 0 Å². The van der Waals surface area contributed by atoms with Gasteiger partial charge in [-0.1, -0.05) is 30.3 Å². The summed E-state index contributed by atoms with van der Waals surface area (Å²) < 4.78 is 14.0. The zero-order valence-corrected chi connectivity index (χ0v) is 16.6. The second kappa shape index (κ2) is 6.85. The molecule has 0 spiro atoms. The van der Waals surface area contributed by atoms with Crippen LogP contribution in [0.5, 0.6) is 0 Å². The Bertz CT molecular complexity index is 884. The summed E-state index contributed by atoms with van der Waals surface area (Å²) in [5.41, 5.74) is 8.35. The van der Waals surface area contributed by atoms with Crippen molar-refractivity contribution < 1.29 is 9.18 Å². The highest BCUT2D eigenvalue weighted by Crippen LogP contribution is 2.56. The van der Waals surface area contributed by atoms with Crippen molar-refractivity contribution in [3.63, 3.8) is 0 Å². The molecule has 4 bridgehead atoms. The van der Waals surface area contributed by atoms with Gasteiger partial charge in [0.25, 0.3) is 5.91 Å². The number of nitrogens with two attached hydrogens (primary N) is 1. The first-order valence-electron chi connectivity index (χ1n) is 9.90. The number of carbonyl (C=O) groups excluding carboxylic acids is 1. The van der Waals surface area contributed by atoms with Gasteiger partial charge >= 0.3 is 0 Å². The van der Waals surface area contributed by atoms with E-state index in [2.05, 4.69) is 5.32 Å². The highest BCUT2D eigenvalue weighted by atomic mass is 35.5. The molecule has 4 saturated carbocycles. The Morgan fingerprint density at radius 1 is 1.00 bits per heavy atom. The molecule has 5 heteroatoms. The van der Waals surface area contributed by atoms with E-state index >= 15 is 0 Å². The van der Waals surface area contributed by atoms with E-state index in [1.807, 2.05) is 18.2 Å². The standard InChI is InChI=1S/C23H25FN2O.ClH/c24-20-4-2-1-3-19(20)17-5-7-18(8-6-17)21(27)26-23-12-15-9-16(13-23)11-22(25,10-15)14-23;/h1-8,15-16H,9-14,25H2,(H,26,27);1H/t15-,16+,22?,23?;. The highest BCUT2D eigenvalue weighted by Gasteiger charge is 2.56. The summed E-state index contributed by atoms with van der Waals surface area (Å²) in [4.78, 5) is 12.9. The summed E-state index contributed by atoms with van der Waals surface area (Å²) in [5, 5.41) is 3.34. The maximum atomic E-state index is 14.0. The van der Waals surface area contributed by atoms with Crippen LogP contribution in [0.25, 0.3) is 11.1 Å². The highest BCUT2D eigenvalue weighted by molar-refractivity contribution is 5.95. The molecule has 3 N–H and O–H groups in total. The van der Waals surface area contributed by atoms with E-state index in [1.165, 1.54) is 12.5 Å². The van der Waals surface area contributed by atoms with E-state index < -0.39 is 0 Å². The maximum absolute atomic E-state index is 14.0. The van der Waals surface area contributed by atoms with Crippen molar-refractivity contribution in [1.29, 1.82) is 0 Å². The Kier molecular flexibility index (Phi) is 4.75. The van der Waals surface area contributed by atoms with E-state index in [4.69, 9.17) is 5.73 Å². The minimum Gasteiger partial charge on any atom is -0.347 e. The van der Waals surface area contributed by atoms with Gasteiger partial charge in [-0.3, -0.25) is 4.79 Å². The fourth-order valence-electron chi connectivity index (χ4n) is 6.29. The molecule has 0 heterocycles. The summed E-state index contributed by atoms with van der Waals surface area (Å²) in [6, 6.07) is 13.9. The third-order valence-electron chi connectivity index (χ3n) is 6.82. The number of benzene rings is 2. The maximum Gasteiger partial charge on any atom is 0.251 e. The summed E-state index contributed by atoms with van der Waals surface area (Å²) in [6.45, 7) is 0. The Balaban J connectivity index is 0.00000192. The number of hydrogen-bond acceptors (Lipinski definition) is 2. The second-order valence-corrected chi connectivity index (χ2v) is 9.12. The molecule has 3 nitrogen and oxygen atoms in total. The van der Waals surface area contributed by atoms with Gasteiger partial charge in [0.2, 0.25) is 0 Å². The van der Waals surface area contributed by atoms with Crippen LogP contribution in [-0.2, 0) is 0 Å². The van der Waals surface area contributed by atoms with Gasteiger partial charge in [-0.15, -0.1) is 12.4 Å². The molecule has 2 aromatic rings. The van der Waals surface area contributed by atoms with Crippen molar-refractivity contribution in [3.05, 3.63) is 59.9 Å². The molecule has 4 aliphatic rings. The van der Waals surface area contributed by atoms with E-state index in [0.717, 1.165) is 37.7 Å². The molecule has 1 amide bonds. The first kappa shape index (κ1) is 19.4. The van der Waals surface area contributed by atoms with E-state index in [9.17, 15) is 9.18 Å². The van der Waals surface area contributed by atoms with E-state index in [1.54, 1.807) is 24.3 Å². The molecule has 0 saturated heterocycles. The van der Waals surface area contributed by atoms with Crippen LogP contribution < -0.4 is 11.1 Å². The molecule has 0 aliphatic heterocycles. The summed E-state index contributed by atoms with van der Waals surface area (Å²) >= 11 is 0. The molecule has 2 aromatic carbocycles. The van der Waals surface area contributed by atoms with Gasteiger partial charge in [0.15, 0.2) is 0 Å². The first-order valence-corrected chi connectivity index (χ1v) is 9.90. The predicted molar refractivity (Wildman–Crippen MR) is 111 cm³/mol. The van der Waals surface area contributed by atoms with Crippen molar-refractivity contribution in [1.82, 2.24) is 5.32 Å². The molecule has 4 fully saturated rings. The van der Waals surface area contributed by atoms with Gasteiger partial charge in [0.05, 0.1) is 0 Å². The van der Waals surface area contributed by atoms with Crippen LogP contribution in [0.1, 0.15) is 48.9 Å². The molecular formula is C23H26ClFN2O. The molecule has 0 aromatic heterocycles. The number of amides is 1. The normalized spacial score (nSPS) is 32.6. The summed E-state index contributed by atoms with van der Waals surface area (Å²) in [6.07, 6.45) is 6.50. The van der Waals surface area contributed by atoms with Crippen LogP contribution in [0.4, 0.5) is 4.39 Å². The largest absolute Gasteiger partial charge is 0.347 e. The molecular weight excluding hydrogens is 375 g/mol. The number of rotatable bonds is 3. The van der Waals surface area contributed by atoms with Gasteiger partial charge in [-0.25, -0.2) is 4.39 Å². The average molecular weight is 401 g/mol. The van der Waals surface area contributed by atoms with Crippen LogP contribution in [0.2, 0.25) is 0 Å². The van der Waals surface area contributed by atoms with Gasteiger partial charge < -0.3 is 11.1 Å². The number of halogens is 2. The van der Waals surface area contributed by atoms with Crippen LogP contribution in [0, 0.1) is 17.7 Å². The lowest BCUT2D eigenvalue weighted by atomic mass is 9.50. The zero-order chi connectivity index (χ0) is 18.6. The monoisotopic (exact) mass is 400 g/mol. The quantitative estimate of drug-likeness (QED) is 0.784. The molecule has 28 heavy (non-hydrogen) atoms. The molecule has 0 radical (unpaired) electrons. The van der Waals surface area contributed by atoms with Crippen LogP contribution >= 0.6 is 12.4 Å². The fourth-order valence-corrected chi connectivity index (χ4v) is 6.29. The Labute approximate surface area is 171 Å². The van der Waals surface area contributed by atoms with Crippen molar-refractivity contribution in [3.8, 4) is 11.1 Å². The smallest absolute Gasteiger partial charge is 0.251 e. The fraction of sp³-hybridized carbons (Fsp3) is 0.435. The lowest BCUT2D eigenvalue weighted by Gasteiger charge is -2.61. The third-order valence-corrected chi connectivity index (χ3v) is 6.82. The zero-order valence-electron chi connectivity index (χ0n) is 15.8. The van der Waals surface area contributed by atoms with Gasteiger partial charge in [0, 0.05) is 22.2 Å². The van der Waals surface area contributed by atoms with Gasteiger partial charge in [-0.2, -0.15) is 0 Å². The Morgan fingerprint density at radius 2 is 1.64 bits per heavy atom. The third kappa shape index (κ3) is 3.33. The topological polar surface area (TPSA) is 55.1 Å². The minimum atomic E-state index is -0.253. The molecule has 148 valence electrons. The molecule has 4 aliphatic carbocycles. The van der Waals surface area contributed by atoms with Gasteiger partial charge in [-0.05, 0) is 74.1 Å². The van der Waals surface area contributed by atoms with Crippen LogP contribution in [-0.4, -0.2) is 17.0 Å². The molecule has 4 atom stereocenters. The predicted octanol–water partition coefficient (Wildman–Crippen LogP) is 4.69.